The van der Waals surface area contributed by atoms with Crippen molar-refractivity contribution in [2.24, 2.45) is 0 Å². The number of methoxy groups -OCH3 is 1. The molecule has 0 atom stereocenters. The largest absolute Gasteiger partial charge is 0.495 e. The number of nitrogens with zero attached hydrogens (tertiary/aromatic N) is 3. The quantitative estimate of drug-likeness (QED) is 0.759. The van der Waals surface area contributed by atoms with Gasteiger partial charge in [-0.15, -0.1) is 0 Å². The number of anilines is 1. The number of aromatic nitrogens is 1. The lowest BCUT2D eigenvalue weighted by Gasteiger charge is -2.36. The van der Waals surface area contributed by atoms with Crippen molar-refractivity contribution < 1.29 is 19.1 Å². The second kappa shape index (κ2) is 8.33. The molecule has 2 heterocycles. The minimum atomic E-state index is -0.591. The maximum atomic E-state index is 12.3. The summed E-state index contributed by atoms with van der Waals surface area (Å²) >= 11 is 0. The highest BCUT2D eigenvalue weighted by Crippen LogP contribution is 2.28. The fourth-order valence-electron chi connectivity index (χ4n) is 2.86. The summed E-state index contributed by atoms with van der Waals surface area (Å²) in [4.78, 5) is 31.9. The Kier molecular flexibility index (Phi) is 5.68. The van der Waals surface area contributed by atoms with Gasteiger partial charge in [0.2, 0.25) is 0 Å². The molecule has 1 amide bonds. The van der Waals surface area contributed by atoms with Crippen LogP contribution in [0, 0.1) is 0 Å². The fraction of sp³-hybridized carbons (Fsp3) is 0.316. The third-order valence-electron chi connectivity index (χ3n) is 4.26. The van der Waals surface area contributed by atoms with Crippen molar-refractivity contribution in [1.82, 2.24) is 9.88 Å². The first kappa shape index (κ1) is 17.7. The van der Waals surface area contributed by atoms with E-state index in [1.165, 1.54) is 6.20 Å². The average molecular weight is 355 g/mol. The molecule has 0 radical (unpaired) electrons. The predicted molar refractivity (Wildman–Crippen MR) is 96.3 cm³/mol. The van der Waals surface area contributed by atoms with Crippen LogP contribution in [0.5, 0.6) is 5.75 Å². The molecule has 1 aliphatic rings. The van der Waals surface area contributed by atoms with Crippen molar-refractivity contribution in [3.05, 3.63) is 54.4 Å². The lowest BCUT2D eigenvalue weighted by Crippen LogP contribution is -2.50. The van der Waals surface area contributed by atoms with E-state index in [0.717, 1.165) is 11.4 Å². The summed E-state index contributed by atoms with van der Waals surface area (Å²) in [5.41, 5.74) is 1.21. The normalized spacial score (nSPS) is 14.0. The number of amides is 1. The summed E-state index contributed by atoms with van der Waals surface area (Å²) in [5.74, 6) is 0.0251. The molecule has 26 heavy (non-hydrogen) atoms. The van der Waals surface area contributed by atoms with Crippen molar-refractivity contribution in [2.45, 2.75) is 0 Å². The second-order valence-electron chi connectivity index (χ2n) is 5.83. The van der Waals surface area contributed by atoms with E-state index in [-0.39, 0.29) is 18.2 Å². The van der Waals surface area contributed by atoms with Crippen LogP contribution in [-0.2, 0) is 9.53 Å². The number of benzene rings is 1. The van der Waals surface area contributed by atoms with Gasteiger partial charge in [0.1, 0.15) is 11.4 Å². The van der Waals surface area contributed by atoms with Crippen LogP contribution in [0.4, 0.5) is 5.69 Å². The van der Waals surface area contributed by atoms with E-state index in [4.69, 9.17) is 9.47 Å². The lowest BCUT2D eigenvalue weighted by molar-refractivity contribution is -0.134. The van der Waals surface area contributed by atoms with E-state index in [9.17, 15) is 9.59 Å². The molecule has 0 unspecified atom stereocenters. The highest BCUT2D eigenvalue weighted by Gasteiger charge is 2.23. The molecule has 7 nitrogen and oxygen atoms in total. The summed E-state index contributed by atoms with van der Waals surface area (Å²) in [7, 11) is 1.65. The Labute approximate surface area is 152 Å². The number of ether oxygens (including phenoxy) is 2. The number of carbonyl (C=O) groups excluding carboxylic acids is 2. The summed E-state index contributed by atoms with van der Waals surface area (Å²) in [5, 5.41) is 0. The predicted octanol–water partition coefficient (Wildman–Crippen LogP) is 1.60. The molecule has 3 rings (SSSR count). The Morgan fingerprint density at radius 3 is 2.46 bits per heavy atom. The maximum absolute atomic E-state index is 12.3. The van der Waals surface area contributed by atoms with Gasteiger partial charge in [-0.2, -0.15) is 0 Å². The van der Waals surface area contributed by atoms with Crippen LogP contribution < -0.4 is 9.64 Å². The van der Waals surface area contributed by atoms with Crippen molar-refractivity contribution in [2.75, 3.05) is 44.8 Å². The van der Waals surface area contributed by atoms with Crippen LogP contribution in [-0.4, -0.2) is 61.7 Å². The number of rotatable bonds is 5. The first-order chi connectivity index (χ1) is 12.7. The van der Waals surface area contributed by atoms with E-state index in [2.05, 4.69) is 9.88 Å². The number of hydrogen-bond acceptors (Lipinski definition) is 6. The molecule has 1 aromatic heterocycles. The zero-order chi connectivity index (χ0) is 18.4. The van der Waals surface area contributed by atoms with Crippen LogP contribution in [0.2, 0.25) is 0 Å². The van der Waals surface area contributed by atoms with Gasteiger partial charge in [-0.1, -0.05) is 18.2 Å². The smallest absolute Gasteiger partial charge is 0.357 e. The number of para-hydroxylation sites is 2. The van der Waals surface area contributed by atoms with Crippen LogP contribution in [0.15, 0.2) is 48.7 Å². The van der Waals surface area contributed by atoms with E-state index in [1.54, 1.807) is 30.2 Å². The van der Waals surface area contributed by atoms with Gasteiger partial charge >= 0.3 is 5.97 Å². The highest BCUT2D eigenvalue weighted by atomic mass is 16.5. The third kappa shape index (κ3) is 4.11. The summed E-state index contributed by atoms with van der Waals surface area (Å²) in [6.45, 7) is 2.25. The van der Waals surface area contributed by atoms with E-state index in [0.29, 0.717) is 26.2 Å². The van der Waals surface area contributed by atoms with Gasteiger partial charge in [-0.05, 0) is 24.3 Å². The van der Waals surface area contributed by atoms with Gasteiger partial charge in [0.05, 0.1) is 12.8 Å². The Morgan fingerprint density at radius 2 is 1.77 bits per heavy atom. The number of pyridine rings is 1. The minimum Gasteiger partial charge on any atom is -0.495 e. The van der Waals surface area contributed by atoms with Crippen LogP contribution >= 0.6 is 0 Å². The van der Waals surface area contributed by atoms with Gasteiger partial charge in [0.25, 0.3) is 5.91 Å². The first-order valence-electron chi connectivity index (χ1n) is 8.43. The van der Waals surface area contributed by atoms with Crippen LogP contribution in [0.3, 0.4) is 0 Å². The standard InChI is InChI=1S/C19H21N3O4/c1-25-17-8-3-2-7-16(17)21-10-12-22(13-11-21)18(23)14-26-19(24)15-6-4-5-9-20-15/h2-9H,10-14H2,1H3. The zero-order valence-corrected chi connectivity index (χ0v) is 14.6. The first-order valence-corrected chi connectivity index (χ1v) is 8.43. The summed E-state index contributed by atoms with van der Waals surface area (Å²) in [6.07, 6.45) is 1.51. The highest BCUT2D eigenvalue weighted by molar-refractivity contribution is 5.89. The van der Waals surface area contributed by atoms with Crippen molar-refractivity contribution in [1.29, 1.82) is 0 Å². The number of hydrogen-bond donors (Lipinski definition) is 0. The molecule has 7 heteroatoms. The molecule has 1 aliphatic heterocycles. The van der Waals surface area contributed by atoms with Crippen LogP contribution in [0.25, 0.3) is 0 Å². The molecule has 2 aromatic rings. The minimum absolute atomic E-state index is 0.196. The summed E-state index contributed by atoms with van der Waals surface area (Å²) in [6, 6.07) is 12.8. The molecule has 0 N–H and O–H groups in total. The van der Waals surface area contributed by atoms with E-state index < -0.39 is 5.97 Å². The Bertz CT molecular complexity index is 758. The average Bonchev–Trinajstić information content (AvgIpc) is 2.72. The van der Waals surface area contributed by atoms with E-state index >= 15 is 0 Å². The lowest BCUT2D eigenvalue weighted by atomic mass is 10.2. The van der Waals surface area contributed by atoms with Gasteiger partial charge < -0.3 is 19.3 Å². The molecule has 0 bridgehead atoms. The SMILES string of the molecule is COc1ccccc1N1CCN(C(=O)COC(=O)c2ccccn2)CC1. The molecule has 1 saturated heterocycles. The Hall–Kier alpha value is -3.09. The Balaban J connectivity index is 1.50. The molecule has 136 valence electrons. The second-order valence-corrected chi connectivity index (χ2v) is 5.83. The molecular weight excluding hydrogens is 334 g/mol. The van der Waals surface area contributed by atoms with Crippen LogP contribution in [0.1, 0.15) is 10.5 Å². The van der Waals surface area contributed by atoms with Gasteiger partial charge in [0.15, 0.2) is 6.61 Å². The number of esters is 1. The third-order valence-corrected chi connectivity index (χ3v) is 4.26. The van der Waals surface area contributed by atoms with Gasteiger partial charge in [0, 0.05) is 32.4 Å². The molecule has 0 saturated carbocycles. The number of carbonyl (C=O) groups is 2. The molecule has 1 fully saturated rings. The Morgan fingerprint density at radius 1 is 1.04 bits per heavy atom. The van der Waals surface area contributed by atoms with Crippen molar-refractivity contribution in [3.8, 4) is 5.75 Å². The van der Waals surface area contributed by atoms with Gasteiger partial charge in [-0.25, -0.2) is 9.78 Å². The zero-order valence-electron chi connectivity index (χ0n) is 14.6. The van der Waals surface area contributed by atoms with Gasteiger partial charge in [-0.3, -0.25) is 4.79 Å². The number of piperazine rings is 1. The molecular formula is C19H21N3O4. The molecule has 1 aromatic carbocycles. The molecule has 0 spiro atoms. The van der Waals surface area contributed by atoms with E-state index in [1.807, 2.05) is 24.3 Å². The van der Waals surface area contributed by atoms with Crippen molar-refractivity contribution >= 4 is 17.6 Å². The topological polar surface area (TPSA) is 72.0 Å². The maximum Gasteiger partial charge on any atom is 0.357 e. The van der Waals surface area contributed by atoms with Crippen molar-refractivity contribution in [3.63, 3.8) is 0 Å². The fourth-order valence-corrected chi connectivity index (χ4v) is 2.86. The monoisotopic (exact) mass is 355 g/mol. The molecule has 0 aliphatic carbocycles. The summed E-state index contributed by atoms with van der Waals surface area (Å²) < 4.78 is 10.5.